The number of hydrogen-bond acceptors (Lipinski definition) is 5. The molecule has 2 aromatic heterocycles. The van der Waals surface area contributed by atoms with Gasteiger partial charge in [-0.05, 0) is 49.6 Å². The Balaban J connectivity index is 1.73. The first kappa shape index (κ1) is 18.4. The normalized spacial score (nSPS) is 10.9. The first-order chi connectivity index (χ1) is 12.4. The minimum atomic E-state index is -0.451. The molecule has 8 heteroatoms. The lowest BCUT2D eigenvalue weighted by Gasteiger charge is -2.13. The number of hydrogen-bond donors (Lipinski definition) is 1. The Bertz CT molecular complexity index is 1020. The third kappa shape index (κ3) is 3.73. The van der Waals surface area contributed by atoms with Crippen molar-refractivity contribution in [3.63, 3.8) is 0 Å². The Morgan fingerprint density at radius 1 is 1.31 bits per heavy atom. The van der Waals surface area contributed by atoms with E-state index in [0.29, 0.717) is 21.0 Å². The number of thiophene rings is 1. The number of aryl methyl sites for hydroxylation is 3. The van der Waals surface area contributed by atoms with Crippen LogP contribution in [0.25, 0.3) is 10.2 Å². The molecule has 0 radical (unpaired) electrons. The van der Waals surface area contributed by atoms with Crippen LogP contribution in [0.3, 0.4) is 0 Å². The van der Waals surface area contributed by atoms with E-state index in [2.05, 4.69) is 10.4 Å². The third-order valence-corrected chi connectivity index (χ3v) is 5.28. The minimum absolute atomic E-state index is 0.225. The molecule has 0 bridgehead atoms. The van der Waals surface area contributed by atoms with Gasteiger partial charge in [-0.15, -0.1) is 11.3 Å². The maximum absolute atomic E-state index is 12.5. The molecular weight excluding hydrogens is 374 g/mol. The predicted octanol–water partition coefficient (Wildman–Crippen LogP) is 3.44. The Kier molecular flexibility index (Phi) is 5.29. The van der Waals surface area contributed by atoms with Crippen LogP contribution in [0, 0.1) is 13.8 Å². The first-order valence-corrected chi connectivity index (χ1v) is 9.28. The summed E-state index contributed by atoms with van der Waals surface area (Å²) in [5.74, 6) is 0.156. The van der Waals surface area contributed by atoms with Gasteiger partial charge in [-0.2, -0.15) is 0 Å². The molecule has 136 valence electrons. The lowest BCUT2D eigenvalue weighted by atomic mass is 10.1. The van der Waals surface area contributed by atoms with Gasteiger partial charge in [0.15, 0.2) is 6.61 Å². The Morgan fingerprint density at radius 2 is 2.00 bits per heavy atom. The number of nitrogens with one attached hydrogen (secondary N) is 1. The lowest BCUT2D eigenvalue weighted by molar-refractivity contribution is -0.119. The topological polar surface area (TPSA) is 73.2 Å². The quantitative estimate of drug-likeness (QED) is 0.723. The zero-order valence-electron chi connectivity index (χ0n) is 14.6. The van der Waals surface area contributed by atoms with Gasteiger partial charge in [0.1, 0.15) is 16.9 Å². The van der Waals surface area contributed by atoms with Crippen molar-refractivity contribution in [2.75, 3.05) is 12.0 Å². The van der Waals surface area contributed by atoms with Crippen LogP contribution >= 0.6 is 22.9 Å². The highest BCUT2D eigenvalue weighted by molar-refractivity contribution is 7.18. The SMILES string of the molecule is CCc1cc2c(=O)n(NC(=O)COc3c(C)cc(Cl)cc3C)cnc2s1. The molecule has 0 saturated heterocycles. The van der Waals surface area contributed by atoms with E-state index in [0.717, 1.165) is 27.1 Å². The van der Waals surface area contributed by atoms with Gasteiger partial charge in [0.2, 0.25) is 0 Å². The van der Waals surface area contributed by atoms with Crippen LogP contribution < -0.4 is 15.7 Å². The molecule has 1 amide bonds. The van der Waals surface area contributed by atoms with Gasteiger partial charge in [0, 0.05) is 9.90 Å². The summed E-state index contributed by atoms with van der Waals surface area (Å²) in [5, 5.41) is 1.12. The summed E-state index contributed by atoms with van der Waals surface area (Å²) in [4.78, 5) is 30.6. The fourth-order valence-electron chi connectivity index (χ4n) is 2.66. The van der Waals surface area contributed by atoms with E-state index in [-0.39, 0.29) is 12.2 Å². The van der Waals surface area contributed by atoms with E-state index < -0.39 is 5.91 Å². The van der Waals surface area contributed by atoms with Crippen LogP contribution in [-0.4, -0.2) is 22.2 Å². The van der Waals surface area contributed by atoms with Crippen molar-refractivity contribution in [2.24, 2.45) is 0 Å². The van der Waals surface area contributed by atoms with E-state index >= 15 is 0 Å². The van der Waals surface area contributed by atoms with E-state index in [4.69, 9.17) is 16.3 Å². The van der Waals surface area contributed by atoms with Crippen LogP contribution in [-0.2, 0) is 11.2 Å². The monoisotopic (exact) mass is 391 g/mol. The zero-order valence-corrected chi connectivity index (χ0v) is 16.2. The van der Waals surface area contributed by atoms with Crippen molar-refractivity contribution >= 4 is 39.1 Å². The van der Waals surface area contributed by atoms with E-state index in [1.165, 1.54) is 17.7 Å². The summed E-state index contributed by atoms with van der Waals surface area (Å²) in [7, 11) is 0. The number of rotatable bonds is 5. The average molecular weight is 392 g/mol. The molecule has 0 saturated carbocycles. The summed E-state index contributed by atoms with van der Waals surface area (Å²) in [6, 6.07) is 5.35. The number of amides is 1. The van der Waals surface area contributed by atoms with Gasteiger partial charge < -0.3 is 4.74 Å². The molecule has 0 unspecified atom stereocenters. The molecule has 1 aromatic carbocycles. The van der Waals surface area contributed by atoms with Gasteiger partial charge in [-0.3, -0.25) is 15.0 Å². The molecule has 0 aliphatic rings. The number of ether oxygens (including phenoxy) is 1. The Hall–Kier alpha value is -2.38. The Morgan fingerprint density at radius 3 is 2.65 bits per heavy atom. The highest BCUT2D eigenvalue weighted by atomic mass is 35.5. The molecule has 3 aromatic rings. The second-order valence-corrected chi connectivity index (χ2v) is 7.45. The van der Waals surface area contributed by atoms with Crippen LogP contribution in [0.1, 0.15) is 22.9 Å². The van der Waals surface area contributed by atoms with Crippen molar-refractivity contribution in [3.8, 4) is 5.75 Å². The number of aromatic nitrogens is 2. The van der Waals surface area contributed by atoms with E-state index in [9.17, 15) is 9.59 Å². The highest BCUT2D eigenvalue weighted by Crippen LogP contribution is 2.27. The lowest BCUT2D eigenvalue weighted by Crippen LogP contribution is -2.35. The van der Waals surface area contributed by atoms with Gasteiger partial charge in [-0.1, -0.05) is 18.5 Å². The van der Waals surface area contributed by atoms with Crippen LogP contribution in [0.2, 0.25) is 5.02 Å². The highest BCUT2D eigenvalue weighted by Gasteiger charge is 2.12. The maximum Gasteiger partial charge on any atom is 0.280 e. The van der Waals surface area contributed by atoms with E-state index in [1.54, 1.807) is 12.1 Å². The molecule has 0 spiro atoms. The predicted molar refractivity (Wildman–Crippen MR) is 104 cm³/mol. The number of fused-ring (bicyclic) bond motifs is 1. The fraction of sp³-hybridized carbons (Fsp3) is 0.278. The smallest absolute Gasteiger partial charge is 0.280 e. The molecule has 0 aliphatic heterocycles. The third-order valence-electron chi connectivity index (χ3n) is 3.87. The van der Waals surface area contributed by atoms with Gasteiger partial charge in [0.25, 0.3) is 11.5 Å². The van der Waals surface area contributed by atoms with Crippen molar-refractivity contribution in [1.82, 2.24) is 9.66 Å². The molecule has 0 aliphatic carbocycles. The minimum Gasteiger partial charge on any atom is -0.483 e. The molecule has 6 nitrogen and oxygen atoms in total. The van der Waals surface area contributed by atoms with Crippen molar-refractivity contribution in [2.45, 2.75) is 27.2 Å². The van der Waals surface area contributed by atoms with Crippen molar-refractivity contribution in [1.29, 1.82) is 0 Å². The van der Waals surface area contributed by atoms with Gasteiger partial charge in [-0.25, -0.2) is 9.66 Å². The number of halogens is 1. The molecular formula is C18H18ClN3O3S. The molecule has 2 heterocycles. The number of nitrogens with zero attached hydrogens (tertiary/aromatic N) is 2. The molecule has 3 rings (SSSR count). The molecule has 26 heavy (non-hydrogen) atoms. The number of carbonyl (C=O) groups is 1. The fourth-order valence-corrected chi connectivity index (χ4v) is 3.91. The Labute approximate surface area is 159 Å². The zero-order chi connectivity index (χ0) is 18.8. The van der Waals surface area contributed by atoms with Crippen LogP contribution in [0.4, 0.5) is 0 Å². The molecule has 0 atom stereocenters. The van der Waals surface area contributed by atoms with Gasteiger partial charge in [0.05, 0.1) is 5.39 Å². The first-order valence-electron chi connectivity index (χ1n) is 8.08. The standard InChI is InChI=1S/C18H18ClN3O3S/c1-4-13-7-14-17(26-13)20-9-22(18(14)24)21-15(23)8-25-16-10(2)5-12(19)6-11(16)3/h5-7,9H,4,8H2,1-3H3,(H,21,23). The summed E-state index contributed by atoms with van der Waals surface area (Å²) < 4.78 is 6.69. The summed E-state index contributed by atoms with van der Waals surface area (Å²) in [5.41, 5.74) is 3.88. The van der Waals surface area contributed by atoms with Crippen molar-refractivity contribution in [3.05, 3.63) is 55.9 Å². The second-order valence-electron chi connectivity index (χ2n) is 5.90. The average Bonchev–Trinajstić information content (AvgIpc) is 3.00. The summed E-state index contributed by atoms with van der Waals surface area (Å²) in [6.07, 6.45) is 2.15. The number of benzene rings is 1. The van der Waals surface area contributed by atoms with Crippen LogP contribution in [0.5, 0.6) is 5.75 Å². The second kappa shape index (κ2) is 7.47. The maximum atomic E-state index is 12.5. The summed E-state index contributed by atoms with van der Waals surface area (Å²) >= 11 is 7.47. The largest absolute Gasteiger partial charge is 0.483 e. The van der Waals surface area contributed by atoms with Gasteiger partial charge >= 0.3 is 0 Å². The number of carbonyl (C=O) groups excluding carboxylic acids is 1. The molecule has 1 N–H and O–H groups in total. The van der Waals surface area contributed by atoms with E-state index in [1.807, 2.05) is 26.8 Å². The summed E-state index contributed by atoms with van der Waals surface area (Å²) in [6.45, 7) is 5.51. The molecule has 0 fully saturated rings. The van der Waals surface area contributed by atoms with Crippen LogP contribution in [0.15, 0.2) is 29.3 Å². The van der Waals surface area contributed by atoms with Crippen molar-refractivity contribution < 1.29 is 9.53 Å².